The lowest BCUT2D eigenvalue weighted by Crippen LogP contribution is -2.40. The Morgan fingerprint density at radius 3 is 2.52 bits per heavy atom. The van der Waals surface area contributed by atoms with Gasteiger partial charge in [-0.25, -0.2) is 9.79 Å². The Kier molecular flexibility index (Phi) is 8.50. The van der Waals surface area contributed by atoms with E-state index in [-0.39, 0.29) is 5.56 Å². The first-order valence-electron chi connectivity index (χ1n) is 14.1. The summed E-state index contributed by atoms with van der Waals surface area (Å²) in [5.74, 6) is 0.599. The summed E-state index contributed by atoms with van der Waals surface area (Å²) < 4.78 is 19.9. The molecule has 1 aliphatic rings. The van der Waals surface area contributed by atoms with Gasteiger partial charge in [0.25, 0.3) is 5.56 Å². The molecule has 7 nitrogen and oxygen atoms in total. The predicted octanol–water partition coefficient (Wildman–Crippen LogP) is 6.30. The number of rotatable bonds is 8. The van der Waals surface area contributed by atoms with Crippen molar-refractivity contribution >= 4 is 50.1 Å². The monoisotopic (exact) mass is 668 g/mol. The van der Waals surface area contributed by atoms with Gasteiger partial charge in [0.2, 0.25) is 0 Å². The maximum absolute atomic E-state index is 14.0. The number of allylic oxidation sites excluding steroid dienone is 1. The van der Waals surface area contributed by atoms with Crippen LogP contribution >= 0.6 is 27.3 Å². The fraction of sp³-hybridized carbons (Fsp3) is 0.171. The first-order chi connectivity index (χ1) is 21.4. The Balaban J connectivity index is 1.40. The van der Waals surface area contributed by atoms with E-state index in [2.05, 4.69) is 40.2 Å². The molecule has 0 spiro atoms. The highest BCUT2D eigenvalue weighted by Crippen LogP contribution is 2.38. The number of hydrogen-bond acceptors (Lipinski definition) is 7. The Bertz CT molecular complexity index is 2090. The normalized spacial score (nSPS) is 14.7. The molecule has 0 saturated carbocycles. The minimum absolute atomic E-state index is 0.245. The zero-order valence-corrected chi connectivity index (χ0v) is 26.8. The Hall–Kier alpha value is -4.47. The van der Waals surface area contributed by atoms with Crippen molar-refractivity contribution in [2.75, 3.05) is 14.2 Å². The molecule has 1 aliphatic heterocycles. The molecule has 0 radical (unpaired) electrons. The molecule has 0 N–H and O–H groups in total. The molecule has 44 heavy (non-hydrogen) atoms. The summed E-state index contributed by atoms with van der Waals surface area (Å²) in [5.41, 5.74) is 3.35. The lowest BCUT2D eigenvalue weighted by Gasteiger charge is -2.25. The van der Waals surface area contributed by atoms with E-state index >= 15 is 0 Å². The summed E-state index contributed by atoms with van der Waals surface area (Å²) in [7, 11) is 2.93. The van der Waals surface area contributed by atoms with Crippen molar-refractivity contribution in [3.63, 3.8) is 0 Å². The molecule has 222 valence electrons. The van der Waals surface area contributed by atoms with Gasteiger partial charge in [-0.05, 0) is 68.0 Å². The van der Waals surface area contributed by atoms with Crippen LogP contribution in [-0.4, -0.2) is 24.8 Å². The van der Waals surface area contributed by atoms with Crippen molar-refractivity contribution < 1.29 is 19.0 Å². The molecule has 0 unspecified atom stereocenters. The molecule has 2 heterocycles. The minimum Gasteiger partial charge on any atom is -0.493 e. The molecular formula is C35H29BrN2O5S. The van der Waals surface area contributed by atoms with E-state index in [0.717, 1.165) is 27.5 Å². The highest BCUT2D eigenvalue weighted by Gasteiger charge is 2.33. The van der Waals surface area contributed by atoms with Gasteiger partial charge < -0.3 is 14.2 Å². The highest BCUT2D eigenvalue weighted by atomic mass is 79.9. The number of nitrogens with zero attached hydrogens (tertiary/aromatic N) is 2. The predicted molar refractivity (Wildman–Crippen MR) is 176 cm³/mol. The molecule has 1 aromatic heterocycles. The Morgan fingerprint density at radius 1 is 1.02 bits per heavy atom. The molecule has 0 saturated heterocycles. The van der Waals surface area contributed by atoms with Crippen molar-refractivity contribution in [2.45, 2.75) is 26.0 Å². The van der Waals surface area contributed by atoms with E-state index in [1.165, 1.54) is 18.4 Å². The average molecular weight is 670 g/mol. The standard InChI is InChI=1S/C35H29BrN2O5S/c1-4-27-30(34(40)42-3)31(23-12-6-5-7-13-23)38-33(39)29(44-35(38)37-27)19-21-17-26(36)32(28(18-21)41-2)43-20-24-15-10-14-22-11-8-9-16-25(22)24/h5-19,31H,4,20H2,1-3H3/b29-19+/t31-/m1/s1. The number of ether oxygens (including phenoxy) is 3. The number of carbonyl (C=O) groups excluding carboxylic acids is 1. The maximum Gasteiger partial charge on any atom is 0.338 e. The number of methoxy groups -OCH3 is 2. The van der Waals surface area contributed by atoms with Crippen LogP contribution < -0.4 is 24.4 Å². The van der Waals surface area contributed by atoms with Crippen LogP contribution in [-0.2, 0) is 16.1 Å². The first-order valence-corrected chi connectivity index (χ1v) is 15.7. The minimum atomic E-state index is -0.650. The molecule has 0 aliphatic carbocycles. The fourth-order valence-electron chi connectivity index (χ4n) is 5.50. The van der Waals surface area contributed by atoms with Crippen LogP contribution in [0.4, 0.5) is 0 Å². The van der Waals surface area contributed by atoms with Crippen LogP contribution in [0.2, 0.25) is 0 Å². The van der Waals surface area contributed by atoms with Crippen molar-refractivity contribution in [3.8, 4) is 11.5 Å². The topological polar surface area (TPSA) is 79.1 Å². The number of esters is 1. The van der Waals surface area contributed by atoms with Crippen LogP contribution in [0.25, 0.3) is 16.8 Å². The molecular weight excluding hydrogens is 640 g/mol. The summed E-state index contributed by atoms with van der Waals surface area (Å²) in [6, 6.07) is 26.9. The van der Waals surface area contributed by atoms with Gasteiger partial charge in [-0.1, -0.05) is 91.1 Å². The van der Waals surface area contributed by atoms with Crippen LogP contribution in [0.15, 0.2) is 110 Å². The zero-order valence-electron chi connectivity index (χ0n) is 24.4. The number of aromatic nitrogens is 1. The maximum atomic E-state index is 14.0. The summed E-state index contributed by atoms with van der Waals surface area (Å²) in [5, 5.41) is 2.28. The largest absolute Gasteiger partial charge is 0.493 e. The molecule has 4 aromatic carbocycles. The van der Waals surface area contributed by atoms with Crippen LogP contribution in [0.5, 0.6) is 11.5 Å². The third-order valence-corrected chi connectivity index (χ3v) is 9.14. The van der Waals surface area contributed by atoms with Gasteiger partial charge in [0, 0.05) is 0 Å². The fourth-order valence-corrected chi connectivity index (χ4v) is 7.09. The Morgan fingerprint density at radius 2 is 1.77 bits per heavy atom. The van der Waals surface area contributed by atoms with Crippen molar-refractivity contribution in [3.05, 3.63) is 137 Å². The average Bonchev–Trinajstić information content (AvgIpc) is 3.36. The van der Waals surface area contributed by atoms with Crippen molar-refractivity contribution in [2.24, 2.45) is 4.99 Å². The van der Waals surface area contributed by atoms with E-state index in [9.17, 15) is 9.59 Å². The number of fused-ring (bicyclic) bond motifs is 2. The summed E-state index contributed by atoms with van der Waals surface area (Å²) in [4.78, 5) is 32.2. The van der Waals surface area contributed by atoms with E-state index < -0.39 is 12.0 Å². The number of halogens is 1. The molecule has 1 atom stereocenters. The van der Waals surface area contributed by atoms with Crippen molar-refractivity contribution in [1.29, 1.82) is 0 Å². The van der Waals surface area contributed by atoms with Crippen LogP contribution in [0.3, 0.4) is 0 Å². The molecule has 9 heteroatoms. The van der Waals surface area contributed by atoms with Crippen molar-refractivity contribution in [1.82, 2.24) is 4.57 Å². The second-order valence-corrected chi connectivity index (χ2v) is 12.0. The number of carbonyl (C=O) groups is 1. The second-order valence-electron chi connectivity index (χ2n) is 10.2. The summed E-state index contributed by atoms with van der Waals surface area (Å²) in [6.07, 6.45) is 2.32. The molecule has 5 aromatic rings. The highest BCUT2D eigenvalue weighted by molar-refractivity contribution is 9.10. The van der Waals surface area contributed by atoms with Gasteiger partial charge in [0.15, 0.2) is 16.3 Å². The molecule has 0 fully saturated rings. The zero-order chi connectivity index (χ0) is 30.8. The lowest BCUT2D eigenvalue weighted by molar-refractivity contribution is -0.136. The lowest BCUT2D eigenvalue weighted by atomic mass is 9.95. The third-order valence-electron chi connectivity index (χ3n) is 7.57. The van der Waals surface area contributed by atoms with Crippen LogP contribution in [0, 0.1) is 0 Å². The van der Waals surface area contributed by atoms with Gasteiger partial charge in [-0.3, -0.25) is 9.36 Å². The Labute approximate surface area is 266 Å². The number of thiazole rings is 1. The number of hydrogen-bond donors (Lipinski definition) is 0. The first kappa shape index (κ1) is 29.6. The van der Waals surface area contributed by atoms with E-state index in [0.29, 0.717) is 49.6 Å². The van der Waals surface area contributed by atoms with E-state index in [1.54, 1.807) is 17.8 Å². The second kappa shape index (κ2) is 12.6. The SMILES string of the molecule is CCC1=C(C(=O)OC)[C@@H](c2ccccc2)n2c(s/c(=C/c3cc(Br)c(OCc4cccc5ccccc45)c(OC)c3)c2=O)=N1. The summed E-state index contributed by atoms with van der Waals surface area (Å²) in [6.45, 7) is 2.29. The number of benzene rings is 4. The van der Waals surface area contributed by atoms with Crippen LogP contribution in [0.1, 0.15) is 36.1 Å². The summed E-state index contributed by atoms with van der Waals surface area (Å²) >= 11 is 4.94. The van der Waals surface area contributed by atoms with Gasteiger partial charge in [0.1, 0.15) is 6.61 Å². The van der Waals surface area contributed by atoms with E-state index in [4.69, 9.17) is 19.2 Å². The van der Waals surface area contributed by atoms with Gasteiger partial charge in [-0.15, -0.1) is 0 Å². The third kappa shape index (κ3) is 5.49. The molecule has 6 rings (SSSR count). The van der Waals surface area contributed by atoms with Gasteiger partial charge in [0.05, 0.1) is 40.5 Å². The molecule has 0 amide bonds. The van der Waals surface area contributed by atoms with E-state index in [1.807, 2.05) is 67.6 Å². The van der Waals surface area contributed by atoms with Gasteiger partial charge in [-0.2, -0.15) is 0 Å². The van der Waals surface area contributed by atoms with Gasteiger partial charge >= 0.3 is 5.97 Å². The smallest absolute Gasteiger partial charge is 0.338 e. The quantitative estimate of drug-likeness (QED) is 0.181. The molecule has 0 bridgehead atoms.